The fourth-order valence-corrected chi connectivity index (χ4v) is 3.41. The van der Waals surface area contributed by atoms with Gasteiger partial charge in [-0.2, -0.15) is 0 Å². The van der Waals surface area contributed by atoms with Crippen molar-refractivity contribution in [3.63, 3.8) is 0 Å². The van der Waals surface area contributed by atoms with Gasteiger partial charge < -0.3 is 9.72 Å². The molecular weight excluding hydrogens is 284 g/mol. The summed E-state index contributed by atoms with van der Waals surface area (Å²) in [5.41, 5.74) is 3.30. The van der Waals surface area contributed by atoms with Gasteiger partial charge in [0.1, 0.15) is 18.2 Å². The Morgan fingerprint density at radius 2 is 1.83 bits per heavy atom. The Labute approximate surface area is 136 Å². The predicted molar refractivity (Wildman–Crippen MR) is 92.7 cm³/mol. The molecule has 1 fully saturated rings. The van der Waals surface area contributed by atoms with E-state index < -0.39 is 0 Å². The van der Waals surface area contributed by atoms with Crippen LogP contribution >= 0.6 is 0 Å². The number of H-pyrrole nitrogens is 1. The van der Waals surface area contributed by atoms with Crippen molar-refractivity contribution in [2.75, 3.05) is 0 Å². The second-order valence-electron chi connectivity index (χ2n) is 6.41. The van der Waals surface area contributed by atoms with Crippen LogP contribution in [0.2, 0.25) is 0 Å². The molecular formula is C20H22N2O. The van der Waals surface area contributed by atoms with Crippen molar-refractivity contribution in [2.45, 2.75) is 44.6 Å². The van der Waals surface area contributed by atoms with E-state index in [-0.39, 0.29) is 0 Å². The second-order valence-corrected chi connectivity index (χ2v) is 6.41. The SMILES string of the molecule is c1ccc(COc2ccc3nc(C4CCCCC4)[nH]c3c2)cc1. The maximum atomic E-state index is 5.91. The quantitative estimate of drug-likeness (QED) is 0.720. The van der Waals surface area contributed by atoms with Crippen LogP contribution in [-0.2, 0) is 6.61 Å². The highest BCUT2D eigenvalue weighted by molar-refractivity contribution is 5.76. The molecule has 23 heavy (non-hydrogen) atoms. The summed E-state index contributed by atoms with van der Waals surface area (Å²) in [6.07, 6.45) is 6.54. The Morgan fingerprint density at radius 3 is 2.65 bits per heavy atom. The Balaban J connectivity index is 1.51. The highest BCUT2D eigenvalue weighted by Gasteiger charge is 2.18. The van der Waals surface area contributed by atoms with Crippen LogP contribution in [0, 0.1) is 0 Å². The first-order chi connectivity index (χ1) is 11.4. The molecule has 0 atom stereocenters. The van der Waals surface area contributed by atoms with Crippen molar-refractivity contribution in [2.24, 2.45) is 0 Å². The minimum absolute atomic E-state index is 0.593. The summed E-state index contributed by atoms with van der Waals surface area (Å²) < 4.78 is 5.91. The number of hydrogen-bond acceptors (Lipinski definition) is 2. The zero-order chi connectivity index (χ0) is 15.5. The zero-order valence-corrected chi connectivity index (χ0v) is 13.3. The maximum absolute atomic E-state index is 5.91. The van der Waals surface area contributed by atoms with Gasteiger partial charge in [0.2, 0.25) is 0 Å². The zero-order valence-electron chi connectivity index (χ0n) is 13.3. The van der Waals surface area contributed by atoms with Crippen molar-refractivity contribution in [1.29, 1.82) is 0 Å². The lowest BCUT2D eigenvalue weighted by molar-refractivity contribution is 0.306. The van der Waals surface area contributed by atoms with Crippen LogP contribution in [0.15, 0.2) is 48.5 Å². The average molecular weight is 306 g/mol. The van der Waals surface area contributed by atoms with E-state index in [4.69, 9.17) is 9.72 Å². The van der Waals surface area contributed by atoms with Crippen LogP contribution < -0.4 is 4.74 Å². The third kappa shape index (κ3) is 3.24. The maximum Gasteiger partial charge on any atom is 0.122 e. The molecule has 3 heteroatoms. The molecule has 0 bridgehead atoms. The monoisotopic (exact) mass is 306 g/mol. The molecule has 2 aromatic carbocycles. The van der Waals surface area contributed by atoms with Gasteiger partial charge in [0.25, 0.3) is 0 Å². The van der Waals surface area contributed by atoms with E-state index in [9.17, 15) is 0 Å². The van der Waals surface area contributed by atoms with E-state index in [1.54, 1.807) is 0 Å². The van der Waals surface area contributed by atoms with Gasteiger partial charge in [-0.15, -0.1) is 0 Å². The van der Waals surface area contributed by atoms with E-state index in [1.807, 2.05) is 24.3 Å². The van der Waals surface area contributed by atoms with Gasteiger partial charge in [-0.3, -0.25) is 0 Å². The van der Waals surface area contributed by atoms with Crippen molar-refractivity contribution in [1.82, 2.24) is 9.97 Å². The van der Waals surface area contributed by atoms with Crippen LogP contribution in [0.5, 0.6) is 5.75 Å². The lowest BCUT2D eigenvalue weighted by Gasteiger charge is -2.18. The predicted octanol–water partition coefficient (Wildman–Crippen LogP) is 5.19. The Hall–Kier alpha value is -2.29. The smallest absolute Gasteiger partial charge is 0.122 e. The molecule has 1 saturated carbocycles. The molecule has 0 unspecified atom stereocenters. The number of aromatic nitrogens is 2. The largest absolute Gasteiger partial charge is 0.489 e. The molecule has 1 aromatic heterocycles. The molecule has 1 heterocycles. The van der Waals surface area contributed by atoms with Gasteiger partial charge in [-0.05, 0) is 30.5 Å². The topological polar surface area (TPSA) is 37.9 Å². The summed E-state index contributed by atoms with van der Waals surface area (Å²) in [6.45, 7) is 0.593. The lowest BCUT2D eigenvalue weighted by Crippen LogP contribution is -2.05. The molecule has 0 amide bonds. The summed E-state index contributed by atoms with van der Waals surface area (Å²) in [5.74, 6) is 2.64. The van der Waals surface area contributed by atoms with E-state index >= 15 is 0 Å². The minimum Gasteiger partial charge on any atom is -0.489 e. The molecule has 118 valence electrons. The standard InChI is InChI=1S/C20H22N2O/c1-3-7-15(8-4-1)14-23-17-11-12-18-19(13-17)22-20(21-18)16-9-5-2-6-10-16/h1,3-4,7-8,11-13,16H,2,5-6,9-10,14H2,(H,21,22). The molecule has 0 radical (unpaired) electrons. The van der Waals surface area contributed by atoms with Crippen LogP contribution in [0.1, 0.15) is 49.4 Å². The van der Waals surface area contributed by atoms with Gasteiger partial charge >= 0.3 is 0 Å². The van der Waals surface area contributed by atoms with E-state index in [0.717, 1.165) is 22.6 Å². The number of ether oxygens (including phenoxy) is 1. The number of rotatable bonds is 4. The third-order valence-electron chi connectivity index (χ3n) is 4.71. The number of hydrogen-bond donors (Lipinski definition) is 1. The fraction of sp³-hybridized carbons (Fsp3) is 0.350. The van der Waals surface area contributed by atoms with Gasteiger partial charge in [-0.1, -0.05) is 49.6 Å². The molecule has 0 saturated heterocycles. The summed E-state index contributed by atoms with van der Waals surface area (Å²) in [4.78, 5) is 8.30. The van der Waals surface area contributed by atoms with Crippen molar-refractivity contribution in [3.05, 3.63) is 59.9 Å². The Bertz CT molecular complexity index is 773. The molecule has 0 aliphatic heterocycles. The van der Waals surface area contributed by atoms with Gasteiger partial charge in [0.05, 0.1) is 11.0 Å². The number of aromatic amines is 1. The summed E-state index contributed by atoms with van der Waals surface area (Å²) in [6, 6.07) is 16.4. The van der Waals surface area contributed by atoms with Crippen LogP contribution in [-0.4, -0.2) is 9.97 Å². The first-order valence-electron chi connectivity index (χ1n) is 8.55. The van der Waals surface area contributed by atoms with Crippen molar-refractivity contribution in [3.8, 4) is 5.75 Å². The van der Waals surface area contributed by atoms with Crippen molar-refractivity contribution < 1.29 is 4.74 Å². The summed E-state index contributed by atoms with van der Waals surface area (Å²) in [7, 11) is 0. The third-order valence-corrected chi connectivity index (χ3v) is 4.71. The number of benzene rings is 2. The molecule has 4 rings (SSSR count). The normalized spacial score (nSPS) is 15.8. The van der Waals surface area contributed by atoms with Gasteiger partial charge in [0, 0.05) is 12.0 Å². The number of nitrogens with zero attached hydrogens (tertiary/aromatic N) is 1. The van der Waals surface area contributed by atoms with Crippen LogP contribution in [0.4, 0.5) is 0 Å². The highest BCUT2D eigenvalue weighted by Crippen LogP contribution is 2.32. The molecule has 1 aliphatic rings. The van der Waals surface area contributed by atoms with Crippen molar-refractivity contribution >= 4 is 11.0 Å². The van der Waals surface area contributed by atoms with Gasteiger partial charge in [0.15, 0.2) is 0 Å². The number of nitrogens with one attached hydrogen (secondary N) is 1. The summed E-state index contributed by atoms with van der Waals surface area (Å²) in [5, 5.41) is 0. The molecule has 3 nitrogen and oxygen atoms in total. The van der Waals surface area contributed by atoms with E-state index in [1.165, 1.54) is 37.7 Å². The average Bonchev–Trinajstić information content (AvgIpc) is 3.05. The van der Waals surface area contributed by atoms with Crippen LogP contribution in [0.25, 0.3) is 11.0 Å². The van der Waals surface area contributed by atoms with Gasteiger partial charge in [-0.25, -0.2) is 4.98 Å². The first kappa shape index (κ1) is 14.3. The minimum atomic E-state index is 0.593. The lowest BCUT2D eigenvalue weighted by atomic mass is 9.89. The summed E-state index contributed by atoms with van der Waals surface area (Å²) >= 11 is 0. The Kier molecular flexibility index (Phi) is 4.01. The number of fused-ring (bicyclic) bond motifs is 1. The first-order valence-corrected chi connectivity index (χ1v) is 8.55. The fourth-order valence-electron chi connectivity index (χ4n) is 3.41. The Morgan fingerprint density at radius 1 is 1.00 bits per heavy atom. The molecule has 0 spiro atoms. The second kappa shape index (κ2) is 6.45. The van der Waals surface area contributed by atoms with E-state index in [2.05, 4.69) is 29.2 Å². The molecule has 1 aliphatic carbocycles. The van der Waals surface area contributed by atoms with Crippen LogP contribution in [0.3, 0.4) is 0 Å². The number of imidazole rings is 1. The molecule has 3 aromatic rings. The molecule has 1 N–H and O–H groups in total. The van der Waals surface area contributed by atoms with E-state index in [0.29, 0.717) is 12.5 Å². The highest BCUT2D eigenvalue weighted by atomic mass is 16.5.